The number of likely N-dealkylation sites (N-methyl/N-ethyl adjacent to an activating group) is 1. The van der Waals surface area contributed by atoms with Gasteiger partial charge in [0.15, 0.2) is 0 Å². The summed E-state index contributed by atoms with van der Waals surface area (Å²) >= 11 is 4.25. The maximum Gasteiger partial charge on any atom is 0.472 e. The number of hydrogen-bond donors (Lipinski definition) is 2. The Morgan fingerprint density at radius 3 is 1.69 bits per heavy atom. The van der Waals surface area contributed by atoms with Gasteiger partial charge in [-0.15, -0.1) is 0 Å². The lowest BCUT2D eigenvalue weighted by molar-refractivity contribution is -0.870. The number of rotatable bonds is 26. The van der Waals surface area contributed by atoms with Crippen molar-refractivity contribution in [3.05, 3.63) is 0 Å². The minimum Gasteiger partial charge on any atom is -0.458 e. The molecule has 0 radical (unpaired) electrons. The number of carbonyl (C=O) groups excluding carboxylic acids is 1. The molecule has 36 heavy (non-hydrogen) atoms. The van der Waals surface area contributed by atoms with E-state index in [9.17, 15) is 14.3 Å². The molecule has 0 heterocycles. The first kappa shape index (κ1) is 35.9. The molecule has 0 aromatic heterocycles. The molecule has 1 unspecified atom stereocenters. The summed E-state index contributed by atoms with van der Waals surface area (Å²) in [5, 5.41) is 0. The second-order valence-electron chi connectivity index (χ2n) is 10.6. The van der Waals surface area contributed by atoms with Gasteiger partial charge in [0, 0.05) is 13.5 Å². The number of unbranched alkanes of at least 4 members (excludes halogenated alkanes) is 13. The Bertz CT molecular complexity index is 575. The Labute approximate surface area is 226 Å². The molecule has 1 N–H and O–H groups in total. The van der Waals surface area contributed by atoms with Gasteiger partial charge in [0.25, 0.3) is 0 Å². The van der Waals surface area contributed by atoms with Gasteiger partial charge in [0.05, 0.1) is 34.4 Å². The van der Waals surface area contributed by atoms with Gasteiger partial charge in [-0.25, -0.2) is 4.57 Å². The number of thiol groups is 1. The van der Waals surface area contributed by atoms with Crippen molar-refractivity contribution in [2.75, 3.05) is 59.9 Å². The minimum atomic E-state index is -4.21. The summed E-state index contributed by atoms with van der Waals surface area (Å²) in [6.07, 6.45) is 17.1. The first-order valence-corrected chi connectivity index (χ1v) is 16.0. The van der Waals surface area contributed by atoms with Crippen molar-refractivity contribution in [2.45, 2.75) is 103 Å². The van der Waals surface area contributed by atoms with Crippen molar-refractivity contribution in [3.63, 3.8) is 0 Å². The van der Waals surface area contributed by atoms with Crippen LogP contribution < -0.4 is 0 Å². The highest BCUT2D eigenvalue weighted by atomic mass is 32.1. The number of ether oxygens (including phenoxy) is 2. The number of esters is 1. The zero-order valence-electron chi connectivity index (χ0n) is 23.5. The van der Waals surface area contributed by atoms with E-state index in [0.717, 1.165) is 18.6 Å². The standard InChI is InChI=1S/C26H54NO7PS/c1-25(28)34-26(24-33-35(29,30)32-21-19-27(2,3)4)23-31-20-17-15-13-11-9-7-5-6-8-10-12-14-16-18-22-36/h26H,5-24H2,1-4H3,(H-,29,30,36)/p+1/t26-/m1/s1. The summed E-state index contributed by atoms with van der Waals surface area (Å²) in [5.74, 6) is 0.527. The predicted molar refractivity (Wildman–Crippen MR) is 149 cm³/mol. The molecule has 2 atom stereocenters. The molecule has 216 valence electrons. The summed E-state index contributed by atoms with van der Waals surface area (Å²) in [6.45, 7) is 2.35. The molecule has 0 saturated carbocycles. The van der Waals surface area contributed by atoms with Crippen LogP contribution in [-0.4, -0.2) is 81.3 Å². The van der Waals surface area contributed by atoms with Crippen LogP contribution in [0.15, 0.2) is 0 Å². The molecule has 8 nitrogen and oxygen atoms in total. The summed E-state index contributed by atoms with van der Waals surface area (Å²) in [6, 6.07) is 0. The second-order valence-corrected chi connectivity index (χ2v) is 12.5. The lowest BCUT2D eigenvalue weighted by Crippen LogP contribution is -2.37. The maximum atomic E-state index is 12.0. The highest BCUT2D eigenvalue weighted by Gasteiger charge is 2.25. The van der Waals surface area contributed by atoms with Crippen molar-refractivity contribution in [3.8, 4) is 0 Å². The van der Waals surface area contributed by atoms with Gasteiger partial charge in [-0.05, 0) is 18.6 Å². The van der Waals surface area contributed by atoms with Crippen LogP contribution in [0.4, 0.5) is 0 Å². The van der Waals surface area contributed by atoms with E-state index in [1.807, 2.05) is 21.1 Å². The average molecular weight is 557 g/mol. The summed E-state index contributed by atoms with van der Waals surface area (Å²) in [7, 11) is 1.66. The molecular weight excluding hydrogens is 501 g/mol. The third-order valence-corrected chi connectivity index (χ3v) is 7.07. The first-order chi connectivity index (χ1) is 17.1. The summed E-state index contributed by atoms with van der Waals surface area (Å²) in [5.41, 5.74) is 0. The number of phosphoric acid groups is 1. The number of nitrogens with zero attached hydrogens (tertiary/aromatic N) is 1. The number of quaternary nitrogens is 1. The van der Waals surface area contributed by atoms with Gasteiger partial charge >= 0.3 is 13.8 Å². The Kier molecular flexibility index (Phi) is 22.7. The SMILES string of the molecule is CC(=O)O[C@H](COCCCCCCCCCCCCCCCCS)COP(=O)(O)OCC[N+](C)(C)C. The highest BCUT2D eigenvalue weighted by molar-refractivity contribution is 7.80. The Balaban J connectivity index is 3.74. The Morgan fingerprint density at radius 2 is 1.25 bits per heavy atom. The first-order valence-electron chi connectivity index (χ1n) is 13.8. The average Bonchev–Trinajstić information content (AvgIpc) is 2.78. The molecule has 0 rings (SSSR count). The molecule has 0 aromatic rings. The van der Waals surface area contributed by atoms with Gasteiger partial charge in [-0.2, -0.15) is 12.6 Å². The zero-order valence-corrected chi connectivity index (χ0v) is 25.2. The Hall–Kier alpha value is -0.150. The lowest BCUT2D eigenvalue weighted by Gasteiger charge is -2.24. The minimum absolute atomic E-state index is 0.0865. The Morgan fingerprint density at radius 1 is 0.778 bits per heavy atom. The molecule has 0 amide bonds. The van der Waals surface area contributed by atoms with Crippen molar-refractivity contribution in [2.24, 2.45) is 0 Å². The van der Waals surface area contributed by atoms with Crippen LogP contribution in [0.25, 0.3) is 0 Å². The van der Waals surface area contributed by atoms with Crippen LogP contribution in [0.3, 0.4) is 0 Å². The summed E-state index contributed by atoms with van der Waals surface area (Å²) in [4.78, 5) is 21.2. The molecular formula is C26H55NO7PS+. The monoisotopic (exact) mass is 556 g/mol. The van der Waals surface area contributed by atoms with Crippen LogP contribution in [0.1, 0.15) is 96.8 Å². The topological polar surface area (TPSA) is 91.3 Å². The van der Waals surface area contributed by atoms with Crippen LogP contribution in [-0.2, 0) is 27.9 Å². The van der Waals surface area contributed by atoms with Crippen LogP contribution in [0, 0.1) is 0 Å². The molecule has 0 fully saturated rings. The van der Waals surface area contributed by atoms with Gasteiger partial charge in [0.2, 0.25) is 0 Å². The van der Waals surface area contributed by atoms with Crippen molar-refractivity contribution >= 4 is 26.4 Å². The maximum absolute atomic E-state index is 12.0. The van der Waals surface area contributed by atoms with E-state index in [0.29, 0.717) is 17.6 Å². The third-order valence-electron chi connectivity index (χ3n) is 5.77. The van der Waals surface area contributed by atoms with Crippen molar-refractivity contribution in [1.29, 1.82) is 0 Å². The van der Waals surface area contributed by atoms with Gasteiger partial charge in [-0.3, -0.25) is 13.8 Å². The second kappa shape index (κ2) is 22.8. The van der Waals surface area contributed by atoms with Gasteiger partial charge in [-0.1, -0.05) is 77.0 Å². The van der Waals surface area contributed by atoms with E-state index in [1.165, 1.54) is 84.0 Å². The third kappa shape index (κ3) is 26.9. The molecule has 0 aliphatic heterocycles. The molecule has 10 heteroatoms. The molecule has 0 aliphatic rings. The molecule has 0 spiro atoms. The van der Waals surface area contributed by atoms with E-state index >= 15 is 0 Å². The smallest absolute Gasteiger partial charge is 0.458 e. The van der Waals surface area contributed by atoms with Crippen LogP contribution in [0.2, 0.25) is 0 Å². The normalized spacial score (nSPS) is 14.5. The lowest BCUT2D eigenvalue weighted by atomic mass is 10.0. The molecule has 0 aliphatic carbocycles. The summed E-state index contributed by atoms with van der Waals surface area (Å²) < 4.78 is 33.4. The molecule has 0 saturated heterocycles. The quantitative estimate of drug-likeness (QED) is 0.0433. The van der Waals surface area contributed by atoms with Crippen LogP contribution in [0.5, 0.6) is 0 Å². The van der Waals surface area contributed by atoms with E-state index in [-0.39, 0.29) is 19.8 Å². The number of hydrogen-bond acceptors (Lipinski definition) is 7. The van der Waals surface area contributed by atoms with Crippen molar-refractivity contribution in [1.82, 2.24) is 0 Å². The molecule has 0 bridgehead atoms. The highest BCUT2D eigenvalue weighted by Crippen LogP contribution is 2.43. The molecule has 0 aromatic carbocycles. The van der Waals surface area contributed by atoms with Crippen LogP contribution >= 0.6 is 20.5 Å². The number of phosphoric ester groups is 1. The van der Waals surface area contributed by atoms with Gasteiger partial charge in [0.1, 0.15) is 19.3 Å². The largest absolute Gasteiger partial charge is 0.472 e. The predicted octanol–water partition coefficient (Wildman–Crippen LogP) is 6.17. The van der Waals surface area contributed by atoms with Gasteiger partial charge < -0.3 is 18.9 Å². The fourth-order valence-corrected chi connectivity index (χ4v) is 4.61. The van der Waals surface area contributed by atoms with E-state index in [2.05, 4.69) is 12.6 Å². The van der Waals surface area contributed by atoms with E-state index < -0.39 is 19.9 Å². The number of carbonyl (C=O) groups is 1. The fourth-order valence-electron chi connectivity index (χ4n) is 3.65. The fraction of sp³-hybridized carbons (Fsp3) is 0.962. The van der Waals surface area contributed by atoms with E-state index in [4.69, 9.17) is 18.5 Å². The van der Waals surface area contributed by atoms with Crippen molar-refractivity contribution < 1.29 is 37.3 Å². The van der Waals surface area contributed by atoms with E-state index in [1.54, 1.807) is 0 Å². The zero-order chi connectivity index (χ0) is 27.1.